The minimum atomic E-state index is -0.502. The molecule has 0 radical (unpaired) electrons. The van der Waals surface area contributed by atoms with Crippen molar-refractivity contribution in [1.82, 2.24) is 0 Å². The number of ether oxygens (including phenoxy) is 3. The van der Waals surface area contributed by atoms with Crippen LogP contribution in [-0.2, 0) is 9.47 Å². The Kier molecular flexibility index (Phi) is 8.59. The molecule has 0 unspecified atom stereocenters. The molecule has 1 aromatic carbocycles. The maximum Gasteiger partial charge on any atom is 0.123 e. The molecule has 0 aliphatic rings. The monoisotopic (exact) mass is 300 g/mol. The molecule has 0 atom stereocenters. The second-order valence-electron chi connectivity index (χ2n) is 4.24. The zero-order valence-electron chi connectivity index (χ0n) is 12.6. The lowest BCUT2D eigenvalue weighted by Crippen LogP contribution is -2.13. The van der Waals surface area contributed by atoms with Gasteiger partial charge in [-0.05, 0) is 44.4 Å². The van der Waals surface area contributed by atoms with Crippen molar-refractivity contribution >= 4 is 13.2 Å². The highest BCUT2D eigenvalue weighted by Crippen LogP contribution is 2.38. The van der Waals surface area contributed by atoms with Crippen molar-refractivity contribution in [1.29, 1.82) is 0 Å². The maximum absolute atomic E-state index is 10.1. The van der Waals surface area contributed by atoms with Crippen molar-refractivity contribution in [2.75, 3.05) is 45.9 Å². The number of aromatic hydroxyl groups is 1. The van der Waals surface area contributed by atoms with E-state index < -0.39 is 7.92 Å². The zero-order valence-corrected chi connectivity index (χ0v) is 13.5. The van der Waals surface area contributed by atoms with Crippen LogP contribution in [0.3, 0.4) is 0 Å². The van der Waals surface area contributed by atoms with E-state index in [2.05, 4.69) is 0 Å². The largest absolute Gasteiger partial charge is 0.507 e. The third kappa shape index (κ3) is 5.66. The van der Waals surface area contributed by atoms with E-state index in [0.717, 1.165) is 36.6 Å². The molecule has 1 aromatic rings. The van der Waals surface area contributed by atoms with Crippen LogP contribution in [0.25, 0.3) is 0 Å². The molecule has 0 aliphatic heterocycles. The van der Waals surface area contributed by atoms with E-state index in [-0.39, 0.29) is 0 Å². The third-order valence-electron chi connectivity index (χ3n) is 2.94. The van der Waals surface area contributed by atoms with E-state index in [4.69, 9.17) is 14.2 Å². The van der Waals surface area contributed by atoms with Gasteiger partial charge in [0.15, 0.2) is 0 Å². The van der Waals surface area contributed by atoms with E-state index in [9.17, 15) is 5.11 Å². The van der Waals surface area contributed by atoms with Crippen LogP contribution in [0.5, 0.6) is 11.5 Å². The van der Waals surface area contributed by atoms with Crippen molar-refractivity contribution in [2.45, 2.75) is 13.8 Å². The van der Waals surface area contributed by atoms with Gasteiger partial charge in [-0.25, -0.2) is 0 Å². The summed E-state index contributed by atoms with van der Waals surface area (Å²) in [6.07, 6.45) is 1.86. The van der Waals surface area contributed by atoms with Crippen LogP contribution >= 0.6 is 7.92 Å². The fraction of sp³-hybridized carbons (Fsp3) is 0.600. The molecule has 0 spiro atoms. The molecule has 4 nitrogen and oxygen atoms in total. The summed E-state index contributed by atoms with van der Waals surface area (Å²) >= 11 is 0. The molecule has 0 fully saturated rings. The lowest BCUT2D eigenvalue weighted by Gasteiger charge is -2.20. The zero-order chi connectivity index (χ0) is 14.8. The summed E-state index contributed by atoms with van der Waals surface area (Å²) in [6.45, 7) is 6.85. The smallest absolute Gasteiger partial charge is 0.123 e. The van der Waals surface area contributed by atoms with Gasteiger partial charge in [0, 0.05) is 18.5 Å². The van der Waals surface area contributed by atoms with Crippen molar-refractivity contribution in [3.05, 3.63) is 18.2 Å². The lowest BCUT2D eigenvalue weighted by molar-refractivity contribution is 0.160. The molecule has 0 aromatic heterocycles. The van der Waals surface area contributed by atoms with Gasteiger partial charge in [-0.3, -0.25) is 0 Å². The fourth-order valence-electron chi connectivity index (χ4n) is 1.87. The van der Waals surface area contributed by atoms with Gasteiger partial charge in [0.05, 0.1) is 20.3 Å². The van der Waals surface area contributed by atoms with Crippen molar-refractivity contribution in [3.63, 3.8) is 0 Å². The SMILES string of the molecule is CCOCCP(CCOCC)c1cc(OC)ccc1O. The standard InChI is InChI=1S/C15H25O4P/c1-4-18-8-10-20(11-9-19-5-2)15-12-13(17-3)6-7-14(15)16/h6-7,12,16H,4-5,8-11H2,1-3H3. The highest BCUT2D eigenvalue weighted by molar-refractivity contribution is 7.65. The Balaban J connectivity index is 2.78. The fourth-order valence-corrected chi connectivity index (χ4v) is 3.99. The quantitative estimate of drug-likeness (QED) is 0.533. The van der Waals surface area contributed by atoms with Crippen LogP contribution in [0.4, 0.5) is 0 Å². The summed E-state index contributed by atoms with van der Waals surface area (Å²) in [4.78, 5) is 0. The van der Waals surface area contributed by atoms with Crippen LogP contribution in [-0.4, -0.2) is 51.0 Å². The molecule has 1 N–H and O–H groups in total. The lowest BCUT2D eigenvalue weighted by atomic mass is 10.3. The van der Waals surface area contributed by atoms with Gasteiger partial charge < -0.3 is 19.3 Å². The second kappa shape index (κ2) is 9.98. The van der Waals surface area contributed by atoms with Crippen LogP contribution < -0.4 is 10.0 Å². The molecule has 114 valence electrons. The summed E-state index contributed by atoms with van der Waals surface area (Å²) in [7, 11) is 1.14. The molecule has 0 bridgehead atoms. The van der Waals surface area contributed by atoms with Gasteiger partial charge in [-0.15, -0.1) is 0 Å². The maximum atomic E-state index is 10.1. The van der Waals surface area contributed by atoms with Crippen molar-refractivity contribution in [3.8, 4) is 11.5 Å². The molecular formula is C15H25O4P. The van der Waals surface area contributed by atoms with E-state index in [1.807, 2.05) is 19.9 Å². The Bertz CT molecular complexity index is 374. The predicted molar refractivity (Wildman–Crippen MR) is 83.9 cm³/mol. The minimum absolute atomic E-state index is 0.338. The number of methoxy groups -OCH3 is 1. The summed E-state index contributed by atoms with van der Waals surface area (Å²) in [6, 6.07) is 5.40. The molecule has 0 saturated heterocycles. The van der Waals surface area contributed by atoms with Crippen LogP contribution in [0, 0.1) is 0 Å². The first kappa shape index (κ1) is 17.2. The number of phenolic OH excluding ortho intramolecular Hbond substituents is 1. The highest BCUT2D eigenvalue weighted by atomic mass is 31.1. The Hall–Kier alpha value is -0.830. The summed E-state index contributed by atoms with van der Waals surface area (Å²) in [5, 5.41) is 11.1. The molecule has 5 heteroatoms. The van der Waals surface area contributed by atoms with Gasteiger partial charge in [0.2, 0.25) is 0 Å². The molecule has 0 aliphatic carbocycles. The first-order valence-electron chi connectivity index (χ1n) is 7.00. The van der Waals surface area contributed by atoms with Crippen LogP contribution in [0.1, 0.15) is 13.8 Å². The van der Waals surface area contributed by atoms with E-state index in [0.29, 0.717) is 19.0 Å². The van der Waals surface area contributed by atoms with Gasteiger partial charge in [0.1, 0.15) is 11.5 Å². The average Bonchev–Trinajstić information content (AvgIpc) is 2.47. The molecule has 0 heterocycles. The van der Waals surface area contributed by atoms with Gasteiger partial charge in [-0.2, -0.15) is 0 Å². The average molecular weight is 300 g/mol. The molecule has 0 saturated carbocycles. The summed E-state index contributed by atoms with van der Waals surface area (Å²) < 4.78 is 16.1. The molecule has 1 rings (SSSR count). The Morgan fingerprint density at radius 3 is 2.15 bits per heavy atom. The summed E-state index contributed by atoms with van der Waals surface area (Å²) in [5.41, 5.74) is 0. The van der Waals surface area contributed by atoms with Crippen LogP contribution in [0.2, 0.25) is 0 Å². The Morgan fingerprint density at radius 1 is 1.05 bits per heavy atom. The minimum Gasteiger partial charge on any atom is -0.507 e. The topological polar surface area (TPSA) is 47.9 Å². The van der Waals surface area contributed by atoms with Gasteiger partial charge in [0.25, 0.3) is 0 Å². The predicted octanol–water partition coefficient (Wildman–Crippen LogP) is 2.58. The number of hydrogen-bond acceptors (Lipinski definition) is 4. The Morgan fingerprint density at radius 2 is 1.65 bits per heavy atom. The first-order valence-corrected chi connectivity index (χ1v) is 8.71. The third-order valence-corrected chi connectivity index (χ3v) is 5.43. The van der Waals surface area contributed by atoms with Crippen molar-refractivity contribution in [2.24, 2.45) is 0 Å². The number of phenols is 1. The number of rotatable bonds is 10. The van der Waals surface area contributed by atoms with E-state index >= 15 is 0 Å². The molecule has 20 heavy (non-hydrogen) atoms. The van der Waals surface area contributed by atoms with Crippen molar-refractivity contribution < 1.29 is 19.3 Å². The molecular weight excluding hydrogens is 275 g/mol. The van der Waals surface area contributed by atoms with E-state index in [1.54, 1.807) is 19.2 Å². The Labute approximate surface area is 122 Å². The summed E-state index contributed by atoms with van der Waals surface area (Å²) in [5.74, 6) is 1.11. The highest BCUT2D eigenvalue weighted by Gasteiger charge is 2.16. The van der Waals surface area contributed by atoms with Crippen LogP contribution in [0.15, 0.2) is 18.2 Å². The second-order valence-corrected chi connectivity index (χ2v) is 6.69. The number of hydrogen-bond donors (Lipinski definition) is 1. The molecule has 0 amide bonds. The van der Waals surface area contributed by atoms with Gasteiger partial charge >= 0.3 is 0 Å². The normalized spacial score (nSPS) is 11.0. The first-order chi connectivity index (χ1) is 9.72. The number of benzene rings is 1. The van der Waals surface area contributed by atoms with E-state index in [1.165, 1.54) is 0 Å². The van der Waals surface area contributed by atoms with Gasteiger partial charge in [-0.1, -0.05) is 7.92 Å².